The third-order valence-corrected chi connectivity index (χ3v) is 5.47. The van der Waals surface area contributed by atoms with Gasteiger partial charge in [0.25, 0.3) is 5.91 Å². The Bertz CT molecular complexity index is 986. The van der Waals surface area contributed by atoms with Crippen LogP contribution in [0.3, 0.4) is 0 Å². The Morgan fingerprint density at radius 3 is 2.97 bits per heavy atom. The van der Waals surface area contributed by atoms with Crippen molar-refractivity contribution in [3.05, 3.63) is 35.8 Å². The summed E-state index contributed by atoms with van der Waals surface area (Å²) >= 11 is 0. The molecular formula is C20H20F2N4O3. The average Bonchev–Trinajstić information content (AvgIpc) is 3.39. The number of amides is 2. The molecule has 1 aromatic carbocycles. The average molecular weight is 402 g/mol. The van der Waals surface area contributed by atoms with E-state index in [4.69, 9.17) is 9.68 Å². The van der Waals surface area contributed by atoms with Gasteiger partial charge in [0.15, 0.2) is 0 Å². The molecule has 0 spiro atoms. The van der Waals surface area contributed by atoms with E-state index in [9.17, 15) is 18.4 Å². The Hall–Kier alpha value is -2.99. The fraction of sp³-hybridized carbons (Fsp3) is 0.450. The molecule has 152 valence electrons. The van der Waals surface area contributed by atoms with Crippen molar-refractivity contribution < 1.29 is 22.8 Å². The number of benzene rings is 1. The van der Waals surface area contributed by atoms with Crippen LogP contribution in [0, 0.1) is 17.1 Å². The van der Waals surface area contributed by atoms with Crippen LogP contribution in [0.5, 0.6) is 0 Å². The van der Waals surface area contributed by atoms with Crippen LogP contribution in [0.2, 0.25) is 0 Å². The summed E-state index contributed by atoms with van der Waals surface area (Å²) in [4.78, 5) is 28.2. The summed E-state index contributed by atoms with van der Waals surface area (Å²) in [5, 5.41) is 12.5. The first-order valence-corrected chi connectivity index (χ1v) is 9.47. The fourth-order valence-electron chi connectivity index (χ4n) is 4.00. The quantitative estimate of drug-likeness (QED) is 0.843. The molecule has 0 bridgehead atoms. The van der Waals surface area contributed by atoms with E-state index in [0.717, 1.165) is 0 Å². The minimum absolute atomic E-state index is 0.0424. The van der Waals surface area contributed by atoms with Crippen molar-refractivity contribution in [1.82, 2.24) is 15.1 Å². The number of rotatable bonds is 4. The molecule has 2 saturated heterocycles. The van der Waals surface area contributed by atoms with Crippen LogP contribution in [0.25, 0.3) is 11.0 Å². The molecule has 2 aromatic rings. The second kappa shape index (κ2) is 7.79. The number of nitrogens with one attached hydrogen (secondary N) is 1. The molecule has 0 unspecified atom stereocenters. The van der Waals surface area contributed by atoms with E-state index < -0.39 is 18.0 Å². The van der Waals surface area contributed by atoms with Crippen LogP contribution in [-0.4, -0.2) is 66.0 Å². The number of likely N-dealkylation sites (tertiary alicyclic amines) is 2. The van der Waals surface area contributed by atoms with Gasteiger partial charge >= 0.3 is 0 Å². The van der Waals surface area contributed by atoms with E-state index in [1.807, 2.05) is 11.0 Å². The molecular weight excluding hydrogens is 382 g/mol. The van der Waals surface area contributed by atoms with Gasteiger partial charge in [-0.15, -0.1) is 0 Å². The van der Waals surface area contributed by atoms with Crippen LogP contribution in [-0.2, 0) is 4.79 Å². The normalized spacial score (nSPS) is 24.7. The molecule has 3 heterocycles. The summed E-state index contributed by atoms with van der Waals surface area (Å²) in [7, 11) is 0. The zero-order valence-electron chi connectivity index (χ0n) is 15.6. The van der Waals surface area contributed by atoms with E-state index >= 15 is 0 Å². The standard InChI is InChI=1S/C20H20F2N4O3/c21-12-1-2-16-17(11-29-18(16)6-12)20(28)24-14-3-4-25(9-14)10-19(27)26-8-13(22)5-15(26)7-23/h1-2,6,11,13-15H,3-5,8-10H2,(H,24,28)/t13-,14-,15-/m0/s1. The Labute approximate surface area is 165 Å². The predicted molar refractivity (Wildman–Crippen MR) is 99.1 cm³/mol. The van der Waals surface area contributed by atoms with E-state index in [1.165, 1.54) is 29.4 Å². The third-order valence-electron chi connectivity index (χ3n) is 5.47. The highest BCUT2D eigenvalue weighted by Crippen LogP contribution is 2.23. The molecule has 2 aliphatic heterocycles. The Balaban J connectivity index is 1.33. The molecule has 0 saturated carbocycles. The number of carbonyl (C=O) groups excluding carboxylic acids is 2. The van der Waals surface area contributed by atoms with Crippen molar-refractivity contribution in [2.24, 2.45) is 0 Å². The number of carbonyl (C=O) groups is 2. The SMILES string of the molecule is N#C[C@@H]1C[C@H](F)CN1C(=O)CN1CC[C@H](NC(=O)c2coc3cc(F)ccc23)C1. The van der Waals surface area contributed by atoms with Crippen LogP contribution < -0.4 is 5.32 Å². The number of hydrogen-bond acceptors (Lipinski definition) is 5. The topological polar surface area (TPSA) is 89.6 Å². The Morgan fingerprint density at radius 1 is 1.34 bits per heavy atom. The van der Waals surface area contributed by atoms with Crippen LogP contribution >= 0.6 is 0 Å². The summed E-state index contributed by atoms with van der Waals surface area (Å²) in [6.07, 6.45) is 0.867. The van der Waals surface area contributed by atoms with Gasteiger partial charge in [0.1, 0.15) is 29.9 Å². The summed E-state index contributed by atoms with van der Waals surface area (Å²) in [5.41, 5.74) is 0.634. The largest absolute Gasteiger partial charge is 0.463 e. The van der Waals surface area contributed by atoms with Crippen LogP contribution in [0.15, 0.2) is 28.9 Å². The van der Waals surface area contributed by atoms with Gasteiger partial charge in [-0.05, 0) is 18.6 Å². The Kier molecular flexibility index (Phi) is 5.20. The monoisotopic (exact) mass is 402 g/mol. The van der Waals surface area contributed by atoms with Gasteiger partial charge in [-0.3, -0.25) is 14.5 Å². The first kappa shape index (κ1) is 19.3. The van der Waals surface area contributed by atoms with Gasteiger partial charge in [0, 0.05) is 37.0 Å². The Morgan fingerprint density at radius 2 is 2.17 bits per heavy atom. The number of nitrogens with zero attached hydrogens (tertiary/aromatic N) is 3. The molecule has 0 aliphatic carbocycles. The number of hydrogen-bond donors (Lipinski definition) is 1. The highest BCUT2D eigenvalue weighted by molar-refractivity contribution is 6.06. The minimum atomic E-state index is -1.16. The van der Waals surface area contributed by atoms with Gasteiger partial charge in [0.05, 0.1) is 24.7 Å². The molecule has 3 atom stereocenters. The van der Waals surface area contributed by atoms with Crippen molar-refractivity contribution >= 4 is 22.8 Å². The second-order valence-corrected chi connectivity index (χ2v) is 7.51. The lowest BCUT2D eigenvalue weighted by atomic mass is 10.1. The fourth-order valence-corrected chi connectivity index (χ4v) is 4.00. The number of alkyl halides is 1. The van der Waals surface area contributed by atoms with Crippen molar-refractivity contribution in [2.75, 3.05) is 26.2 Å². The summed E-state index contributed by atoms with van der Waals surface area (Å²) in [6.45, 7) is 1.13. The number of fused-ring (bicyclic) bond motifs is 1. The van der Waals surface area contributed by atoms with Gasteiger partial charge in [0.2, 0.25) is 5.91 Å². The molecule has 2 aliphatic rings. The predicted octanol–water partition coefficient (Wildman–Crippen LogP) is 1.84. The smallest absolute Gasteiger partial charge is 0.255 e. The van der Waals surface area contributed by atoms with E-state index in [1.54, 1.807) is 0 Å². The highest BCUT2D eigenvalue weighted by Gasteiger charge is 2.36. The lowest BCUT2D eigenvalue weighted by Crippen LogP contribution is -2.43. The summed E-state index contributed by atoms with van der Waals surface area (Å²) in [5.74, 6) is -1.03. The molecule has 2 amide bonds. The number of furan rings is 1. The summed E-state index contributed by atoms with van der Waals surface area (Å²) in [6, 6.07) is 5.11. The molecule has 7 nitrogen and oxygen atoms in total. The van der Waals surface area contributed by atoms with Gasteiger partial charge < -0.3 is 14.6 Å². The van der Waals surface area contributed by atoms with E-state index in [2.05, 4.69) is 5.32 Å². The molecule has 4 rings (SSSR count). The maximum absolute atomic E-state index is 13.5. The maximum atomic E-state index is 13.5. The lowest BCUT2D eigenvalue weighted by molar-refractivity contribution is -0.132. The zero-order chi connectivity index (χ0) is 20.5. The number of halogens is 2. The zero-order valence-corrected chi connectivity index (χ0v) is 15.6. The molecule has 1 N–H and O–H groups in total. The second-order valence-electron chi connectivity index (χ2n) is 7.51. The van der Waals surface area contributed by atoms with Crippen molar-refractivity contribution in [3.8, 4) is 6.07 Å². The van der Waals surface area contributed by atoms with Crippen LogP contribution in [0.1, 0.15) is 23.2 Å². The highest BCUT2D eigenvalue weighted by atomic mass is 19.1. The first-order chi connectivity index (χ1) is 13.9. The van der Waals surface area contributed by atoms with Crippen molar-refractivity contribution in [2.45, 2.75) is 31.1 Å². The molecule has 9 heteroatoms. The van der Waals surface area contributed by atoms with Crippen molar-refractivity contribution in [1.29, 1.82) is 5.26 Å². The van der Waals surface area contributed by atoms with E-state index in [-0.39, 0.29) is 37.4 Å². The van der Waals surface area contributed by atoms with Crippen LogP contribution in [0.4, 0.5) is 8.78 Å². The first-order valence-electron chi connectivity index (χ1n) is 9.47. The third kappa shape index (κ3) is 3.93. The van der Waals surface area contributed by atoms with Gasteiger partial charge in [-0.1, -0.05) is 0 Å². The van der Waals surface area contributed by atoms with Gasteiger partial charge in [-0.2, -0.15) is 5.26 Å². The minimum Gasteiger partial charge on any atom is -0.463 e. The number of nitriles is 1. The molecule has 2 fully saturated rings. The van der Waals surface area contributed by atoms with Crippen molar-refractivity contribution in [3.63, 3.8) is 0 Å². The lowest BCUT2D eigenvalue weighted by Gasteiger charge is -2.23. The molecule has 0 radical (unpaired) electrons. The summed E-state index contributed by atoms with van der Waals surface area (Å²) < 4.78 is 32.0. The molecule has 29 heavy (non-hydrogen) atoms. The molecule has 1 aromatic heterocycles. The van der Waals surface area contributed by atoms with E-state index in [0.29, 0.717) is 36.0 Å². The van der Waals surface area contributed by atoms with Gasteiger partial charge in [-0.25, -0.2) is 8.78 Å². The maximum Gasteiger partial charge on any atom is 0.255 e.